The van der Waals surface area contributed by atoms with Crippen molar-refractivity contribution in [2.45, 2.75) is 57.1 Å². The highest BCUT2D eigenvalue weighted by molar-refractivity contribution is 5.83. The summed E-state index contributed by atoms with van der Waals surface area (Å²) in [5.74, 6) is -2.44. The molecule has 0 bridgehead atoms. The maximum absolute atomic E-state index is 11.7. The minimum atomic E-state index is -1.14. The molecule has 1 saturated heterocycles. The minimum Gasteiger partial charge on any atom is -0.481 e. The van der Waals surface area contributed by atoms with Gasteiger partial charge in [0.1, 0.15) is 6.04 Å². The van der Waals surface area contributed by atoms with Gasteiger partial charge in [-0.3, -0.25) is 9.59 Å². The molecule has 7 heteroatoms. The largest absolute Gasteiger partial charge is 0.481 e. The van der Waals surface area contributed by atoms with Gasteiger partial charge in [0.25, 0.3) is 0 Å². The second-order valence-electron chi connectivity index (χ2n) is 4.92. The summed E-state index contributed by atoms with van der Waals surface area (Å²) in [7, 11) is 0. The smallest absolute Gasteiger partial charge is 0.326 e. The van der Waals surface area contributed by atoms with E-state index in [0.717, 1.165) is 19.4 Å². The Balaban J connectivity index is 2.26. The van der Waals surface area contributed by atoms with E-state index in [1.54, 1.807) is 0 Å². The van der Waals surface area contributed by atoms with Crippen molar-refractivity contribution in [1.82, 2.24) is 5.32 Å². The van der Waals surface area contributed by atoms with Gasteiger partial charge in [0.05, 0.1) is 6.10 Å². The molecule has 3 N–H and O–H groups in total. The lowest BCUT2D eigenvalue weighted by atomic mass is 10.1. The van der Waals surface area contributed by atoms with Gasteiger partial charge in [-0.1, -0.05) is 0 Å². The Morgan fingerprint density at radius 3 is 2.55 bits per heavy atom. The first-order valence-corrected chi connectivity index (χ1v) is 6.84. The topological polar surface area (TPSA) is 113 Å². The number of rotatable bonds is 9. The number of hydrogen-bond donors (Lipinski definition) is 3. The lowest BCUT2D eigenvalue weighted by Crippen LogP contribution is -2.41. The van der Waals surface area contributed by atoms with Crippen LogP contribution >= 0.6 is 0 Å². The summed E-state index contributed by atoms with van der Waals surface area (Å²) in [6.45, 7) is 0.721. The van der Waals surface area contributed by atoms with E-state index < -0.39 is 18.0 Å². The van der Waals surface area contributed by atoms with E-state index in [1.165, 1.54) is 0 Å². The molecule has 1 fully saturated rings. The molecule has 1 aliphatic heterocycles. The molecule has 1 unspecified atom stereocenters. The third-order valence-corrected chi connectivity index (χ3v) is 3.23. The maximum Gasteiger partial charge on any atom is 0.326 e. The lowest BCUT2D eigenvalue weighted by molar-refractivity contribution is -0.142. The van der Waals surface area contributed by atoms with Crippen molar-refractivity contribution in [2.24, 2.45) is 0 Å². The molecule has 20 heavy (non-hydrogen) atoms. The fourth-order valence-corrected chi connectivity index (χ4v) is 2.15. The molecular formula is C13H21NO6. The van der Waals surface area contributed by atoms with Crippen LogP contribution in [0.25, 0.3) is 0 Å². The Morgan fingerprint density at radius 2 is 2.00 bits per heavy atom. The van der Waals surface area contributed by atoms with E-state index in [2.05, 4.69) is 5.32 Å². The summed E-state index contributed by atoms with van der Waals surface area (Å²) in [5.41, 5.74) is 0. The van der Waals surface area contributed by atoms with Crippen LogP contribution in [0.1, 0.15) is 44.9 Å². The van der Waals surface area contributed by atoms with Crippen molar-refractivity contribution in [2.75, 3.05) is 6.61 Å². The van der Waals surface area contributed by atoms with Gasteiger partial charge in [0.15, 0.2) is 0 Å². The van der Waals surface area contributed by atoms with Crippen LogP contribution in [0.5, 0.6) is 0 Å². The summed E-state index contributed by atoms with van der Waals surface area (Å²) < 4.78 is 5.39. The van der Waals surface area contributed by atoms with E-state index in [9.17, 15) is 14.4 Å². The molecule has 0 radical (unpaired) electrons. The zero-order valence-corrected chi connectivity index (χ0v) is 11.3. The van der Waals surface area contributed by atoms with Crippen LogP contribution in [0.2, 0.25) is 0 Å². The average Bonchev–Trinajstić information content (AvgIpc) is 2.87. The summed E-state index contributed by atoms with van der Waals surface area (Å²) in [4.78, 5) is 33.0. The SMILES string of the molecule is O=C(O)CCC[C@@H](NC(=O)CCC1CCCO1)C(=O)O. The first kappa shape index (κ1) is 16.4. The van der Waals surface area contributed by atoms with Gasteiger partial charge < -0.3 is 20.3 Å². The Hall–Kier alpha value is -1.63. The predicted molar refractivity (Wildman–Crippen MR) is 69.3 cm³/mol. The number of ether oxygens (including phenoxy) is 1. The quantitative estimate of drug-likeness (QED) is 0.577. The first-order valence-electron chi connectivity index (χ1n) is 6.84. The van der Waals surface area contributed by atoms with Gasteiger partial charge in [0, 0.05) is 19.4 Å². The van der Waals surface area contributed by atoms with Gasteiger partial charge >= 0.3 is 11.9 Å². The summed E-state index contributed by atoms with van der Waals surface area (Å²) in [5, 5.41) is 19.9. The molecule has 114 valence electrons. The summed E-state index contributed by atoms with van der Waals surface area (Å²) in [6.07, 6.45) is 3.09. The number of hydrogen-bond acceptors (Lipinski definition) is 4. The lowest BCUT2D eigenvalue weighted by Gasteiger charge is -2.15. The average molecular weight is 287 g/mol. The first-order chi connectivity index (χ1) is 9.49. The molecule has 1 aliphatic rings. The van der Waals surface area contributed by atoms with Crippen molar-refractivity contribution in [3.63, 3.8) is 0 Å². The monoisotopic (exact) mass is 287 g/mol. The molecule has 0 saturated carbocycles. The molecule has 0 aromatic carbocycles. The normalized spacial score (nSPS) is 19.5. The van der Waals surface area contributed by atoms with Crippen LogP contribution in [0.3, 0.4) is 0 Å². The molecular weight excluding hydrogens is 266 g/mol. The van der Waals surface area contributed by atoms with Gasteiger partial charge in [-0.2, -0.15) is 0 Å². The van der Waals surface area contributed by atoms with Crippen LogP contribution in [0, 0.1) is 0 Å². The van der Waals surface area contributed by atoms with Crippen molar-refractivity contribution < 1.29 is 29.3 Å². The van der Waals surface area contributed by atoms with E-state index in [4.69, 9.17) is 14.9 Å². The molecule has 7 nitrogen and oxygen atoms in total. The van der Waals surface area contributed by atoms with Crippen molar-refractivity contribution in [3.05, 3.63) is 0 Å². The van der Waals surface area contributed by atoms with Crippen LogP contribution < -0.4 is 5.32 Å². The Kier molecular flexibility index (Phi) is 7.00. The molecule has 1 heterocycles. The second-order valence-corrected chi connectivity index (χ2v) is 4.92. The van der Waals surface area contributed by atoms with Crippen LogP contribution in [0.4, 0.5) is 0 Å². The summed E-state index contributed by atoms with van der Waals surface area (Å²) >= 11 is 0. The van der Waals surface area contributed by atoms with Crippen molar-refractivity contribution in [1.29, 1.82) is 0 Å². The van der Waals surface area contributed by atoms with Crippen molar-refractivity contribution >= 4 is 17.8 Å². The predicted octanol–water partition coefficient (Wildman–Crippen LogP) is 0.770. The van der Waals surface area contributed by atoms with Crippen LogP contribution in [-0.2, 0) is 19.1 Å². The number of carboxylic acid groups (broad SMARTS) is 2. The van der Waals surface area contributed by atoms with E-state index in [0.29, 0.717) is 6.42 Å². The van der Waals surface area contributed by atoms with E-state index >= 15 is 0 Å². The maximum atomic E-state index is 11.7. The Labute approximate surface area is 117 Å². The molecule has 0 aromatic rings. The number of aliphatic carboxylic acids is 2. The Bertz CT molecular complexity index is 351. The highest BCUT2D eigenvalue weighted by Crippen LogP contribution is 2.16. The molecule has 1 rings (SSSR count). The fraction of sp³-hybridized carbons (Fsp3) is 0.769. The molecule has 2 atom stereocenters. The molecule has 0 spiro atoms. The zero-order chi connectivity index (χ0) is 15.0. The molecule has 0 aliphatic carbocycles. The van der Waals surface area contributed by atoms with Gasteiger partial charge in [-0.15, -0.1) is 0 Å². The zero-order valence-electron chi connectivity index (χ0n) is 11.3. The van der Waals surface area contributed by atoms with Crippen LogP contribution in [0.15, 0.2) is 0 Å². The Morgan fingerprint density at radius 1 is 1.25 bits per heavy atom. The summed E-state index contributed by atoms with van der Waals surface area (Å²) in [6, 6.07) is -1.02. The fourth-order valence-electron chi connectivity index (χ4n) is 2.15. The number of carbonyl (C=O) groups excluding carboxylic acids is 1. The number of nitrogens with one attached hydrogen (secondary N) is 1. The third kappa shape index (κ3) is 6.51. The minimum absolute atomic E-state index is 0.0936. The second kappa shape index (κ2) is 8.52. The van der Waals surface area contributed by atoms with E-state index in [1.807, 2.05) is 0 Å². The van der Waals surface area contributed by atoms with Crippen molar-refractivity contribution in [3.8, 4) is 0 Å². The highest BCUT2D eigenvalue weighted by Gasteiger charge is 2.21. The van der Waals surface area contributed by atoms with E-state index in [-0.39, 0.29) is 37.7 Å². The molecule has 0 aromatic heterocycles. The number of carbonyl (C=O) groups is 3. The standard InChI is InChI=1S/C13H21NO6/c15-11(7-6-9-3-2-8-20-9)14-10(13(18)19)4-1-5-12(16)17/h9-10H,1-8H2,(H,14,15)(H,16,17)(H,18,19)/t9?,10-/m1/s1. The highest BCUT2D eigenvalue weighted by atomic mass is 16.5. The molecule has 1 amide bonds. The third-order valence-electron chi connectivity index (χ3n) is 3.23. The van der Waals surface area contributed by atoms with Gasteiger partial charge in [-0.05, 0) is 32.1 Å². The number of amides is 1. The van der Waals surface area contributed by atoms with Crippen LogP contribution in [-0.4, -0.2) is 46.8 Å². The van der Waals surface area contributed by atoms with Gasteiger partial charge in [0.2, 0.25) is 5.91 Å². The number of carboxylic acids is 2. The van der Waals surface area contributed by atoms with Gasteiger partial charge in [-0.25, -0.2) is 4.79 Å².